The van der Waals surface area contributed by atoms with Gasteiger partial charge in [-0.15, -0.1) is 11.3 Å². The average molecular weight is 280 g/mol. The van der Waals surface area contributed by atoms with Gasteiger partial charge in [-0.2, -0.15) is 0 Å². The van der Waals surface area contributed by atoms with Crippen LogP contribution in [0.5, 0.6) is 0 Å². The smallest absolute Gasteiger partial charge is 0.225 e. The predicted molar refractivity (Wildman–Crippen MR) is 80.3 cm³/mol. The lowest BCUT2D eigenvalue weighted by Crippen LogP contribution is -2.46. The lowest BCUT2D eigenvalue weighted by molar-refractivity contribution is -0.135. The van der Waals surface area contributed by atoms with Crippen LogP contribution in [0.4, 0.5) is 0 Å². The van der Waals surface area contributed by atoms with E-state index in [1.165, 1.54) is 4.88 Å². The molecule has 1 unspecified atom stereocenters. The minimum atomic E-state index is 0.120. The number of thiophene rings is 1. The van der Waals surface area contributed by atoms with E-state index in [1.54, 1.807) is 11.3 Å². The van der Waals surface area contributed by atoms with Crippen LogP contribution in [0.1, 0.15) is 44.5 Å². The quantitative estimate of drug-likeness (QED) is 0.919. The third kappa shape index (κ3) is 3.80. The highest BCUT2D eigenvalue weighted by Crippen LogP contribution is 2.21. The van der Waals surface area contributed by atoms with Gasteiger partial charge >= 0.3 is 0 Å². The second kappa shape index (κ2) is 6.53. The predicted octanol–water partition coefficient (Wildman–Crippen LogP) is 3.05. The average Bonchev–Trinajstić information content (AvgIpc) is 2.92. The van der Waals surface area contributed by atoms with E-state index in [2.05, 4.69) is 29.8 Å². The molecule has 1 aliphatic heterocycles. The zero-order chi connectivity index (χ0) is 13.8. The van der Waals surface area contributed by atoms with Gasteiger partial charge in [0, 0.05) is 36.0 Å². The molecule has 19 heavy (non-hydrogen) atoms. The largest absolute Gasteiger partial charge is 0.342 e. The van der Waals surface area contributed by atoms with Crippen molar-refractivity contribution < 1.29 is 4.79 Å². The van der Waals surface area contributed by atoms with Crippen molar-refractivity contribution in [3.8, 4) is 0 Å². The number of hydrogen-bond donors (Lipinski definition) is 1. The highest BCUT2D eigenvalue weighted by molar-refractivity contribution is 7.10. The number of nitrogens with zero attached hydrogens (tertiary/aromatic N) is 1. The Morgan fingerprint density at radius 3 is 2.58 bits per heavy atom. The summed E-state index contributed by atoms with van der Waals surface area (Å²) in [6.45, 7) is 7.96. The van der Waals surface area contributed by atoms with Crippen LogP contribution >= 0.6 is 11.3 Å². The van der Waals surface area contributed by atoms with Crippen molar-refractivity contribution in [1.29, 1.82) is 0 Å². The topological polar surface area (TPSA) is 32.3 Å². The van der Waals surface area contributed by atoms with Crippen LogP contribution in [0, 0.1) is 5.92 Å². The zero-order valence-corrected chi connectivity index (χ0v) is 12.9. The molecule has 1 aliphatic rings. The van der Waals surface area contributed by atoms with Gasteiger partial charge in [0.2, 0.25) is 5.91 Å². The van der Waals surface area contributed by atoms with Crippen molar-refractivity contribution in [2.24, 2.45) is 5.92 Å². The molecule has 2 rings (SSSR count). The van der Waals surface area contributed by atoms with Gasteiger partial charge in [-0.05, 0) is 31.2 Å². The molecule has 1 amide bonds. The standard InChI is InChI=1S/C15H24N2OS/c1-11(2)15(18)17-8-6-13(7-9-17)16-12(3)14-5-4-10-19-14/h4-5,10-13,16H,6-9H2,1-3H3. The summed E-state index contributed by atoms with van der Waals surface area (Å²) in [7, 11) is 0. The molecule has 106 valence electrons. The second-order valence-electron chi connectivity index (χ2n) is 5.66. The van der Waals surface area contributed by atoms with Crippen molar-refractivity contribution in [3.63, 3.8) is 0 Å². The fraction of sp³-hybridized carbons (Fsp3) is 0.667. The zero-order valence-electron chi connectivity index (χ0n) is 12.1. The van der Waals surface area contributed by atoms with E-state index < -0.39 is 0 Å². The van der Waals surface area contributed by atoms with E-state index in [-0.39, 0.29) is 5.92 Å². The molecule has 1 aromatic rings. The van der Waals surface area contributed by atoms with Gasteiger partial charge in [0.05, 0.1) is 0 Å². The third-order valence-corrected chi connectivity index (χ3v) is 4.81. The Hall–Kier alpha value is -0.870. The Morgan fingerprint density at radius 2 is 2.05 bits per heavy atom. The van der Waals surface area contributed by atoms with Crippen molar-refractivity contribution >= 4 is 17.2 Å². The van der Waals surface area contributed by atoms with E-state index in [9.17, 15) is 4.79 Å². The normalized spacial score (nSPS) is 18.8. The molecule has 0 bridgehead atoms. The van der Waals surface area contributed by atoms with Crippen LogP contribution in [-0.2, 0) is 4.79 Å². The van der Waals surface area contributed by atoms with Gasteiger partial charge in [0.15, 0.2) is 0 Å². The Balaban J connectivity index is 1.79. The summed E-state index contributed by atoms with van der Waals surface area (Å²) in [5, 5.41) is 5.80. The Bertz CT molecular complexity index is 394. The van der Waals surface area contributed by atoms with Gasteiger partial charge < -0.3 is 10.2 Å². The van der Waals surface area contributed by atoms with Crippen LogP contribution in [0.3, 0.4) is 0 Å². The van der Waals surface area contributed by atoms with Crippen molar-refractivity contribution in [1.82, 2.24) is 10.2 Å². The molecule has 0 aromatic carbocycles. The molecule has 1 saturated heterocycles. The molecule has 4 heteroatoms. The maximum atomic E-state index is 11.9. The van der Waals surface area contributed by atoms with Gasteiger partial charge in [0.25, 0.3) is 0 Å². The van der Waals surface area contributed by atoms with Gasteiger partial charge in [0.1, 0.15) is 0 Å². The monoisotopic (exact) mass is 280 g/mol. The Kier molecular flexibility index (Phi) is 4.99. The number of piperidine rings is 1. The molecule has 0 saturated carbocycles. The van der Waals surface area contributed by atoms with Crippen molar-refractivity contribution in [3.05, 3.63) is 22.4 Å². The molecule has 0 spiro atoms. The SMILES string of the molecule is CC(C)C(=O)N1CCC(NC(C)c2cccs2)CC1. The Morgan fingerprint density at radius 1 is 1.37 bits per heavy atom. The number of rotatable bonds is 4. The molecule has 1 fully saturated rings. The van der Waals surface area contributed by atoms with Crippen LogP contribution in [0.2, 0.25) is 0 Å². The van der Waals surface area contributed by atoms with E-state index >= 15 is 0 Å². The molecular formula is C15H24N2OS. The summed E-state index contributed by atoms with van der Waals surface area (Å²) in [5.41, 5.74) is 0. The summed E-state index contributed by atoms with van der Waals surface area (Å²) >= 11 is 1.80. The molecule has 0 aliphatic carbocycles. The number of carbonyl (C=O) groups is 1. The molecule has 1 N–H and O–H groups in total. The summed E-state index contributed by atoms with van der Waals surface area (Å²) in [6, 6.07) is 5.23. The minimum Gasteiger partial charge on any atom is -0.342 e. The highest BCUT2D eigenvalue weighted by atomic mass is 32.1. The summed E-state index contributed by atoms with van der Waals surface area (Å²) in [6.07, 6.45) is 2.13. The van der Waals surface area contributed by atoms with E-state index in [1.807, 2.05) is 18.7 Å². The molecule has 1 aromatic heterocycles. The van der Waals surface area contributed by atoms with Gasteiger partial charge in [-0.3, -0.25) is 4.79 Å². The highest BCUT2D eigenvalue weighted by Gasteiger charge is 2.25. The number of likely N-dealkylation sites (tertiary alicyclic amines) is 1. The van der Waals surface area contributed by atoms with Crippen molar-refractivity contribution in [2.75, 3.05) is 13.1 Å². The number of hydrogen-bond acceptors (Lipinski definition) is 3. The van der Waals surface area contributed by atoms with E-state index in [0.717, 1.165) is 25.9 Å². The van der Waals surface area contributed by atoms with Crippen LogP contribution in [-0.4, -0.2) is 29.9 Å². The first-order valence-corrected chi connectivity index (χ1v) is 8.04. The fourth-order valence-corrected chi connectivity index (χ4v) is 3.35. The van der Waals surface area contributed by atoms with E-state index in [0.29, 0.717) is 18.0 Å². The van der Waals surface area contributed by atoms with Crippen LogP contribution in [0.25, 0.3) is 0 Å². The van der Waals surface area contributed by atoms with Crippen LogP contribution < -0.4 is 5.32 Å². The first-order chi connectivity index (χ1) is 9.08. The Labute approximate surface area is 120 Å². The summed E-state index contributed by atoms with van der Waals surface area (Å²) in [4.78, 5) is 15.3. The number of nitrogens with one attached hydrogen (secondary N) is 1. The molecule has 0 radical (unpaired) electrons. The first kappa shape index (κ1) is 14.5. The lowest BCUT2D eigenvalue weighted by Gasteiger charge is -2.34. The van der Waals surface area contributed by atoms with Crippen molar-refractivity contribution in [2.45, 2.75) is 45.7 Å². The molecule has 3 nitrogen and oxygen atoms in total. The number of carbonyl (C=O) groups excluding carboxylic acids is 1. The molecular weight excluding hydrogens is 256 g/mol. The minimum absolute atomic E-state index is 0.120. The fourth-order valence-electron chi connectivity index (χ4n) is 2.61. The maximum absolute atomic E-state index is 11.9. The van der Waals surface area contributed by atoms with E-state index in [4.69, 9.17) is 0 Å². The second-order valence-corrected chi connectivity index (χ2v) is 6.64. The summed E-state index contributed by atoms with van der Waals surface area (Å²) < 4.78 is 0. The molecule has 1 atom stereocenters. The first-order valence-electron chi connectivity index (χ1n) is 7.16. The van der Waals surface area contributed by atoms with Crippen LogP contribution in [0.15, 0.2) is 17.5 Å². The van der Waals surface area contributed by atoms with Gasteiger partial charge in [-0.25, -0.2) is 0 Å². The summed E-state index contributed by atoms with van der Waals surface area (Å²) in [5.74, 6) is 0.416. The van der Waals surface area contributed by atoms with Gasteiger partial charge in [-0.1, -0.05) is 19.9 Å². The molecule has 2 heterocycles. The third-order valence-electron chi connectivity index (χ3n) is 3.76. The lowest BCUT2D eigenvalue weighted by atomic mass is 10.0. The number of amides is 1. The maximum Gasteiger partial charge on any atom is 0.225 e.